The standard InChI is InChI=1S/C8H17N/c1-3-6(2)7-4-5-8(7)9/h6-8H,3-5,9H2,1-2H3/t6?,7-,8+/m0/s1. The van der Waals surface area contributed by atoms with E-state index in [1.165, 1.54) is 19.3 Å². The second kappa shape index (κ2) is 2.70. The Kier molecular flexibility index (Phi) is 2.12. The summed E-state index contributed by atoms with van der Waals surface area (Å²) in [7, 11) is 0. The van der Waals surface area contributed by atoms with Gasteiger partial charge in [0.05, 0.1) is 0 Å². The molecule has 0 amide bonds. The molecule has 0 spiro atoms. The second-order valence-corrected chi connectivity index (χ2v) is 3.29. The highest BCUT2D eigenvalue weighted by atomic mass is 14.7. The van der Waals surface area contributed by atoms with E-state index in [9.17, 15) is 0 Å². The Morgan fingerprint density at radius 3 is 2.33 bits per heavy atom. The van der Waals surface area contributed by atoms with Crippen molar-refractivity contribution in [1.82, 2.24) is 0 Å². The zero-order valence-electron chi connectivity index (χ0n) is 6.43. The molecule has 1 fully saturated rings. The summed E-state index contributed by atoms with van der Waals surface area (Å²) in [5.41, 5.74) is 5.80. The molecule has 0 aromatic carbocycles. The van der Waals surface area contributed by atoms with Gasteiger partial charge >= 0.3 is 0 Å². The first-order valence-corrected chi connectivity index (χ1v) is 4.01. The van der Waals surface area contributed by atoms with Gasteiger partial charge in [0.25, 0.3) is 0 Å². The maximum absolute atomic E-state index is 5.80. The summed E-state index contributed by atoms with van der Waals surface area (Å²) < 4.78 is 0. The Labute approximate surface area is 57.6 Å². The Balaban J connectivity index is 2.25. The van der Waals surface area contributed by atoms with Crippen molar-refractivity contribution in [3.05, 3.63) is 0 Å². The first-order chi connectivity index (χ1) is 4.25. The largest absolute Gasteiger partial charge is 0.327 e. The minimum Gasteiger partial charge on any atom is -0.327 e. The van der Waals surface area contributed by atoms with Gasteiger partial charge in [-0.1, -0.05) is 20.3 Å². The molecular formula is C8H17N. The van der Waals surface area contributed by atoms with Crippen molar-refractivity contribution in [2.45, 2.75) is 39.2 Å². The molecule has 0 bridgehead atoms. The highest BCUT2D eigenvalue weighted by Gasteiger charge is 2.30. The summed E-state index contributed by atoms with van der Waals surface area (Å²) >= 11 is 0. The van der Waals surface area contributed by atoms with Gasteiger partial charge in [-0.25, -0.2) is 0 Å². The average molecular weight is 127 g/mol. The second-order valence-electron chi connectivity index (χ2n) is 3.29. The van der Waals surface area contributed by atoms with Crippen molar-refractivity contribution >= 4 is 0 Å². The Morgan fingerprint density at radius 1 is 1.56 bits per heavy atom. The van der Waals surface area contributed by atoms with E-state index in [0.29, 0.717) is 6.04 Å². The van der Waals surface area contributed by atoms with Crippen LogP contribution in [0.1, 0.15) is 33.1 Å². The molecule has 1 nitrogen and oxygen atoms in total. The number of hydrogen-bond donors (Lipinski definition) is 1. The zero-order valence-corrected chi connectivity index (χ0v) is 6.43. The first-order valence-electron chi connectivity index (χ1n) is 4.01. The minimum atomic E-state index is 0.528. The third-order valence-electron chi connectivity index (χ3n) is 2.76. The highest BCUT2D eigenvalue weighted by molar-refractivity contribution is 4.86. The molecule has 0 heterocycles. The summed E-state index contributed by atoms with van der Waals surface area (Å²) in [5, 5.41) is 0. The number of rotatable bonds is 2. The lowest BCUT2D eigenvalue weighted by molar-refractivity contribution is 0.174. The summed E-state index contributed by atoms with van der Waals surface area (Å²) in [6.07, 6.45) is 3.92. The molecule has 0 aliphatic heterocycles. The molecule has 0 radical (unpaired) electrons. The molecule has 54 valence electrons. The lowest BCUT2D eigenvalue weighted by atomic mass is 9.72. The lowest BCUT2D eigenvalue weighted by Gasteiger charge is -2.37. The molecule has 1 aliphatic carbocycles. The topological polar surface area (TPSA) is 26.0 Å². The van der Waals surface area contributed by atoms with Gasteiger partial charge in [0.2, 0.25) is 0 Å². The SMILES string of the molecule is CCC(C)[C@@H]1CC[C@H]1N. The van der Waals surface area contributed by atoms with E-state index in [2.05, 4.69) is 13.8 Å². The Hall–Kier alpha value is -0.0400. The van der Waals surface area contributed by atoms with Gasteiger partial charge in [-0.2, -0.15) is 0 Å². The Morgan fingerprint density at radius 2 is 2.22 bits per heavy atom. The molecule has 1 unspecified atom stereocenters. The maximum atomic E-state index is 5.80. The molecule has 1 saturated carbocycles. The van der Waals surface area contributed by atoms with Crippen molar-refractivity contribution < 1.29 is 0 Å². The van der Waals surface area contributed by atoms with E-state index in [1.807, 2.05) is 0 Å². The van der Waals surface area contributed by atoms with Crippen molar-refractivity contribution in [1.29, 1.82) is 0 Å². The van der Waals surface area contributed by atoms with E-state index in [0.717, 1.165) is 11.8 Å². The third-order valence-corrected chi connectivity index (χ3v) is 2.76. The van der Waals surface area contributed by atoms with Gasteiger partial charge in [-0.3, -0.25) is 0 Å². The van der Waals surface area contributed by atoms with Crippen LogP contribution in [0, 0.1) is 11.8 Å². The zero-order chi connectivity index (χ0) is 6.85. The fourth-order valence-corrected chi connectivity index (χ4v) is 1.56. The predicted octanol–water partition coefficient (Wildman–Crippen LogP) is 1.77. The molecule has 1 heteroatoms. The first kappa shape index (κ1) is 7.07. The minimum absolute atomic E-state index is 0.528. The molecule has 1 rings (SSSR count). The molecule has 0 aromatic heterocycles. The van der Waals surface area contributed by atoms with Crippen LogP contribution in [0.15, 0.2) is 0 Å². The van der Waals surface area contributed by atoms with Crippen molar-refractivity contribution in [3.63, 3.8) is 0 Å². The van der Waals surface area contributed by atoms with E-state index >= 15 is 0 Å². The van der Waals surface area contributed by atoms with Crippen LogP contribution in [0.3, 0.4) is 0 Å². The van der Waals surface area contributed by atoms with Crippen LogP contribution in [0.5, 0.6) is 0 Å². The van der Waals surface area contributed by atoms with Gasteiger partial charge in [0, 0.05) is 6.04 Å². The van der Waals surface area contributed by atoms with Crippen molar-refractivity contribution in [3.8, 4) is 0 Å². The fourth-order valence-electron chi connectivity index (χ4n) is 1.56. The molecule has 2 N–H and O–H groups in total. The van der Waals surface area contributed by atoms with E-state index in [-0.39, 0.29) is 0 Å². The third kappa shape index (κ3) is 1.26. The summed E-state index contributed by atoms with van der Waals surface area (Å²) in [5.74, 6) is 1.70. The molecule has 0 saturated heterocycles. The smallest absolute Gasteiger partial charge is 0.00698 e. The van der Waals surface area contributed by atoms with E-state index in [4.69, 9.17) is 5.73 Å². The van der Waals surface area contributed by atoms with Crippen LogP contribution in [-0.2, 0) is 0 Å². The highest BCUT2D eigenvalue weighted by Crippen LogP contribution is 2.33. The van der Waals surface area contributed by atoms with Crippen LogP contribution >= 0.6 is 0 Å². The van der Waals surface area contributed by atoms with E-state index in [1.54, 1.807) is 0 Å². The van der Waals surface area contributed by atoms with Crippen LogP contribution in [0.25, 0.3) is 0 Å². The van der Waals surface area contributed by atoms with Crippen molar-refractivity contribution in [2.24, 2.45) is 17.6 Å². The van der Waals surface area contributed by atoms with Crippen LogP contribution in [0.2, 0.25) is 0 Å². The number of hydrogen-bond acceptors (Lipinski definition) is 1. The van der Waals surface area contributed by atoms with E-state index < -0.39 is 0 Å². The van der Waals surface area contributed by atoms with Gasteiger partial charge < -0.3 is 5.73 Å². The molecular weight excluding hydrogens is 110 g/mol. The summed E-state index contributed by atoms with van der Waals surface area (Å²) in [6, 6.07) is 0.528. The van der Waals surface area contributed by atoms with Gasteiger partial charge in [0.15, 0.2) is 0 Å². The van der Waals surface area contributed by atoms with Crippen LogP contribution < -0.4 is 5.73 Å². The Bertz CT molecular complexity index is 90.6. The maximum Gasteiger partial charge on any atom is 0.00698 e. The molecule has 1 aliphatic rings. The summed E-state index contributed by atoms with van der Waals surface area (Å²) in [4.78, 5) is 0. The number of nitrogens with two attached hydrogens (primary N) is 1. The normalized spacial score (nSPS) is 37.7. The van der Waals surface area contributed by atoms with Gasteiger partial charge in [-0.05, 0) is 24.7 Å². The lowest BCUT2D eigenvalue weighted by Crippen LogP contribution is -2.42. The molecule has 0 aromatic rings. The molecule has 9 heavy (non-hydrogen) atoms. The molecule has 3 atom stereocenters. The predicted molar refractivity (Wildman–Crippen MR) is 40.2 cm³/mol. The van der Waals surface area contributed by atoms with Crippen molar-refractivity contribution in [2.75, 3.05) is 0 Å². The summed E-state index contributed by atoms with van der Waals surface area (Å²) in [6.45, 7) is 4.55. The fraction of sp³-hybridized carbons (Fsp3) is 1.00. The van der Waals surface area contributed by atoms with Crippen LogP contribution in [0.4, 0.5) is 0 Å². The van der Waals surface area contributed by atoms with Gasteiger partial charge in [-0.15, -0.1) is 0 Å². The monoisotopic (exact) mass is 127 g/mol. The average Bonchev–Trinajstić information content (AvgIpc) is 1.84. The van der Waals surface area contributed by atoms with Gasteiger partial charge in [0.1, 0.15) is 0 Å². The quantitative estimate of drug-likeness (QED) is 0.601. The van der Waals surface area contributed by atoms with Crippen LogP contribution in [-0.4, -0.2) is 6.04 Å².